The zero-order valence-electron chi connectivity index (χ0n) is 14.6. The van der Waals surface area contributed by atoms with Gasteiger partial charge in [0.05, 0.1) is 17.3 Å². The lowest BCUT2D eigenvalue weighted by molar-refractivity contribution is 0.895. The van der Waals surface area contributed by atoms with E-state index in [0.717, 1.165) is 41.2 Å². The Kier molecular flexibility index (Phi) is 4.47. The van der Waals surface area contributed by atoms with Crippen LogP contribution < -0.4 is 10.6 Å². The van der Waals surface area contributed by atoms with E-state index in [1.165, 1.54) is 0 Å². The van der Waals surface area contributed by atoms with Crippen LogP contribution >= 0.6 is 0 Å². The van der Waals surface area contributed by atoms with E-state index < -0.39 is 0 Å². The van der Waals surface area contributed by atoms with Crippen molar-refractivity contribution < 1.29 is 0 Å². The predicted molar refractivity (Wildman–Crippen MR) is 105 cm³/mol. The number of rotatable bonds is 6. The molecule has 4 rings (SSSR count). The monoisotopic (exact) mass is 344 g/mol. The summed E-state index contributed by atoms with van der Waals surface area (Å²) in [5.41, 5.74) is 2.68. The first-order chi connectivity index (χ1) is 12.8. The molecule has 0 spiro atoms. The molecule has 0 aliphatic rings. The molecule has 4 aromatic rings. The Bertz CT molecular complexity index is 995. The van der Waals surface area contributed by atoms with E-state index in [4.69, 9.17) is 4.98 Å². The van der Waals surface area contributed by atoms with E-state index in [-0.39, 0.29) is 0 Å². The summed E-state index contributed by atoms with van der Waals surface area (Å²) in [6.45, 7) is 2.97. The molecule has 0 radical (unpaired) electrons. The van der Waals surface area contributed by atoms with Crippen LogP contribution in [-0.2, 0) is 0 Å². The smallest absolute Gasteiger partial charge is 0.231 e. The molecule has 0 bridgehead atoms. The normalized spacial score (nSPS) is 10.8. The van der Waals surface area contributed by atoms with Crippen molar-refractivity contribution in [2.75, 3.05) is 17.2 Å². The second-order valence-electron chi connectivity index (χ2n) is 5.94. The van der Waals surface area contributed by atoms with Gasteiger partial charge in [-0.15, -0.1) is 0 Å². The minimum atomic E-state index is 0.542. The zero-order chi connectivity index (χ0) is 17.8. The number of hydrogen-bond donors (Lipinski definition) is 2. The highest BCUT2D eigenvalue weighted by molar-refractivity contribution is 5.88. The van der Waals surface area contributed by atoms with Crippen molar-refractivity contribution in [2.24, 2.45) is 0 Å². The summed E-state index contributed by atoms with van der Waals surface area (Å²) in [4.78, 5) is 9.37. The number of hydrogen-bond acceptors (Lipinski definition) is 5. The molecule has 2 aromatic carbocycles. The third-order valence-electron chi connectivity index (χ3n) is 4.00. The van der Waals surface area contributed by atoms with E-state index >= 15 is 0 Å². The summed E-state index contributed by atoms with van der Waals surface area (Å²) in [5, 5.41) is 12.1. The lowest BCUT2D eigenvalue weighted by atomic mass is 10.3. The van der Waals surface area contributed by atoms with Crippen molar-refractivity contribution >= 4 is 28.5 Å². The van der Waals surface area contributed by atoms with Crippen LogP contribution in [0.1, 0.15) is 13.3 Å². The maximum atomic E-state index is 4.71. The van der Waals surface area contributed by atoms with Gasteiger partial charge in [-0.2, -0.15) is 15.1 Å². The van der Waals surface area contributed by atoms with Crippen LogP contribution in [0.3, 0.4) is 0 Å². The maximum Gasteiger partial charge on any atom is 0.231 e. The van der Waals surface area contributed by atoms with Crippen molar-refractivity contribution in [3.63, 3.8) is 0 Å². The second kappa shape index (κ2) is 7.23. The van der Waals surface area contributed by atoms with Crippen LogP contribution in [0.2, 0.25) is 0 Å². The molecule has 2 aromatic heterocycles. The maximum absolute atomic E-state index is 4.71. The molecular formula is C20H20N6. The second-order valence-corrected chi connectivity index (χ2v) is 5.94. The minimum Gasteiger partial charge on any atom is -0.369 e. The van der Waals surface area contributed by atoms with E-state index in [2.05, 4.69) is 27.6 Å². The third-order valence-corrected chi connectivity index (χ3v) is 4.00. The molecule has 26 heavy (non-hydrogen) atoms. The molecule has 0 unspecified atom stereocenters. The van der Waals surface area contributed by atoms with Gasteiger partial charge in [-0.25, -0.2) is 4.68 Å². The zero-order valence-corrected chi connectivity index (χ0v) is 14.6. The van der Waals surface area contributed by atoms with Gasteiger partial charge in [0, 0.05) is 12.2 Å². The molecule has 0 saturated carbocycles. The van der Waals surface area contributed by atoms with Gasteiger partial charge in [-0.1, -0.05) is 43.3 Å². The third kappa shape index (κ3) is 3.21. The highest BCUT2D eigenvalue weighted by Crippen LogP contribution is 2.25. The number of fused-ring (bicyclic) bond motifs is 1. The van der Waals surface area contributed by atoms with E-state index in [0.29, 0.717) is 5.95 Å². The Hall–Kier alpha value is -3.41. The molecule has 2 N–H and O–H groups in total. The van der Waals surface area contributed by atoms with Crippen LogP contribution in [-0.4, -0.2) is 26.3 Å². The molecule has 0 aliphatic heterocycles. The Morgan fingerprint density at radius 1 is 0.923 bits per heavy atom. The Morgan fingerprint density at radius 3 is 2.38 bits per heavy atom. The molecule has 0 atom stereocenters. The van der Waals surface area contributed by atoms with Crippen LogP contribution in [0.5, 0.6) is 0 Å². The molecule has 0 saturated heterocycles. The predicted octanol–water partition coefficient (Wildman–Crippen LogP) is 4.38. The van der Waals surface area contributed by atoms with Crippen LogP contribution in [0, 0.1) is 0 Å². The van der Waals surface area contributed by atoms with Crippen LogP contribution in [0.15, 0.2) is 66.9 Å². The van der Waals surface area contributed by atoms with Crippen LogP contribution in [0.25, 0.3) is 16.7 Å². The number of anilines is 3. The average molecular weight is 344 g/mol. The van der Waals surface area contributed by atoms with E-state index in [1.54, 1.807) is 0 Å². The van der Waals surface area contributed by atoms with Gasteiger partial charge in [0.2, 0.25) is 5.95 Å². The summed E-state index contributed by atoms with van der Waals surface area (Å²) in [6.07, 6.45) is 2.83. The summed E-state index contributed by atoms with van der Waals surface area (Å²) in [5.74, 6) is 1.33. The van der Waals surface area contributed by atoms with Crippen LogP contribution in [0.4, 0.5) is 17.5 Å². The largest absolute Gasteiger partial charge is 0.369 e. The first-order valence-electron chi connectivity index (χ1n) is 8.72. The number of benzene rings is 2. The fourth-order valence-electron chi connectivity index (χ4n) is 2.75. The highest BCUT2D eigenvalue weighted by Gasteiger charge is 2.14. The van der Waals surface area contributed by atoms with Crippen molar-refractivity contribution in [1.82, 2.24) is 19.7 Å². The fraction of sp³-hybridized carbons (Fsp3) is 0.150. The standard InChI is InChI=1S/C20H20N6/c1-2-13-21-18-17-14-22-26(16-11-7-4-8-12-16)19(17)25-20(24-18)23-15-9-5-3-6-10-15/h3-12,14H,2,13H2,1H3,(H2,21,23,24,25). The summed E-state index contributed by atoms with van der Waals surface area (Å²) in [6, 6.07) is 19.9. The molecular weight excluding hydrogens is 324 g/mol. The van der Waals surface area contributed by atoms with Crippen molar-refractivity contribution in [3.8, 4) is 5.69 Å². The van der Waals surface area contributed by atoms with E-state index in [9.17, 15) is 0 Å². The molecule has 130 valence electrons. The SMILES string of the molecule is CCCNc1nc(Nc2ccccc2)nc2c1cnn2-c1ccccc1. The van der Waals surface area contributed by atoms with Gasteiger partial charge in [0.25, 0.3) is 0 Å². The number of para-hydroxylation sites is 2. The first kappa shape index (κ1) is 16.1. The molecule has 0 fully saturated rings. The quantitative estimate of drug-likeness (QED) is 0.543. The first-order valence-corrected chi connectivity index (χ1v) is 8.72. The molecule has 0 amide bonds. The molecule has 2 heterocycles. The van der Waals surface area contributed by atoms with Gasteiger partial charge in [-0.05, 0) is 30.7 Å². The number of nitrogens with one attached hydrogen (secondary N) is 2. The fourth-order valence-corrected chi connectivity index (χ4v) is 2.75. The Morgan fingerprint density at radius 2 is 1.65 bits per heavy atom. The molecule has 0 aliphatic carbocycles. The van der Waals surface area contributed by atoms with E-state index in [1.807, 2.05) is 71.5 Å². The Balaban J connectivity index is 1.82. The summed E-state index contributed by atoms with van der Waals surface area (Å²) < 4.78 is 1.84. The molecule has 6 heteroatoms. The summed E-state index contributed by atoms with van der Waals surface area (Å²) in [7, 11) is 0. The highest BCUT2D eigenvalue weighted by atomic mass is 15.3. The van der Waals surface area contributed by atoms with Gasteiger partial charge < -0.3 is 10.6 Å². The number of aromatic nitrogens is 4. The number of nitrogens with zero attached hydrogens (tertiary/aromatic N) is 4. The van der Waals surface area contributed by atoms with Crippen molar-refractivity contribution in [1.29, 1.82) is 0 Å². The van der Waals surface area contributed by atoms with Gasteiger partial charge in [-0.3, -0.25) is 0 Å². The Labute approximate surface area is 151 Å². The lowest BCUT2D eigenvalue weighted by Gasteiger charge is -2.10. The van der Waals surface area contributed by atoms with Crippen molar-refractivity contribution in [2.45, 2.75) is 13.3 Å². The topological polar surface area (TPSA) is 67.7 Å². The minimum absolute atomic E-state index is 0.542. The van der Waals surface area contributed by atoms with Gasteiger partial charge in [0.1, 0.15) is 5.82 Å². The lowest BCUT2D eigenvalue weighted by Crippen LogP contribution is -2.07. The average Bonchev–Trinajstić information content (AvgIpc) is 3.12. The van der Waals surface area contributed by atoms with Gasteiger partial charge in [0.15, 0.2) is 5.65 Å². The van der Waals surface area contributed by atoms with Gasteiger partial charge >= 0.3 is 0 Å². The molecule has 6 nitrogen and oxygen atoms in total. The van der Waals surface area contributed by atoms with Crippen molar-refractivity contribution in [3.05, 3.63) is 66.9 Å². The summed E-state index contributed by atoms with van der Waals surface area (Å²) >= 11 is 0.